The van der Waals surface area contributed by atoms with Gasteiger partial charge in [-0.05, 0) is 23.4 Å². The molecule has 1 aromatic rings. The van der Waals surface area contributed by atoms with Crippen LogP contribution >= 0.6 is 0 Å². The molecule has 1 heterocycles. The number of benzene rings is 1. The summed E-state index contributed by atoms with van der Waals surface area (Å²) in [5, 5.41) is 20.6. The minimum Gasteiger partial charge on any atom is -0.507 e. The smallest absolute Gasteiger partial charge is 0.205 e. The van der Waals surface area contributed by atoms with Crippen molar-refractivity contribution in [3.05, 3.63) is 58.7 Å². The SMILES string of the molecule is N#CC1=c2ccccc2=C2C(O)=CC=CC2O1. The van der Waals surface area contributed by atoms with E-state index in [1.807, 2.05) is 30.3 Å². The van der Waals surface area contributed by atoms with Crippen LogP contribution < -0.4 is 10.4 Å². The standard InChI is InChI=1S/C14H9NO2/c15-8-13-9-4-1-2-5-10(9)14-11(16)6-3-7-12(14)17-13/h1-7,12,16H. The minimum atomic E-state index is -0.371. The summed E-state index contributed by atoms with van der Waals surface area (Å²) in [6, 6.07) is 9.50. The van der Waals surface area contributed by atoms with Crippen LogP contribution in [0.3, 0.4) is 0 Å². The average Bonchev–Trinajstić information content (AvgIpc) is 2.37. The van der Waals surface area contributed by atoms with E-state index in [1.54, 1.807) is 12.2 Å². The van der Waals surface area contributed by atoms with E-state index in [0.29, 0.717) is 5.76 Å². The molecular weight excluding hydrogens is 214 g/mol. The second-order valence-electron chi connectivity index (χ2n) is 3.88. The lowest BCUT2D eigenvalue weighted by atomic mass is 9.96. The van der Waals surface area contributed by atoms with Gasteiger partial charge in [-0.1, -0.05) is 24.3 Å². The molecule has 0 spiro atoms. The van der Waals surface area contributed by atoms with Crippen molar-refractivity contribution in [2.24, 2.45) is 0 Å². The van der Waals surface area contributed by atoms with Gasteiger partial charge in [-0.3, -0.25) is 0 Å². The van der Waals surface area contributed by atoms with Crippen LogP contribution in [0.4, 0.5) is 0 Å². The van der Waals surface area contributed by atoms with E-state index < -0.39 is 0 Å². The number of aliphatic hydroxyl groups excluding tert-OH is 1. The van der Waals surface area contributed by atoms with Crippen LogP contribution in [0, 0.1) is 11.3 Å². The van der Waals surface area contributed by atoms with Gasteiger partial charge >= 0.3 is 0 Å². The third-order valence-electron chi connectivity index (χ3n) is 2.91. The number of ether oxygens (including phenoxy) is 1. The molecular formula is C14H9NO2. The van der Waals surface area contributed by atoms with Gasteiger partial charge in [0.1, 0.15) is 17.9 Å². The molecule has 3 nitrogen and oxygen atoms in total. The molecule has 1 aromatic carbocycles. The van der Waals surface area contributed by atoms with Gasteiger partial charge in [-0.15, -0.1) is 0 Å². The second-order valence-corrected chi connectivity index (χ2v) is 3.88. The van der Waals surface area contributed by atoms with Crippen LogP contribution in [0.5, 0.6) is 0 Å². The Balaban J connectivity index is 2.49. The van der Waals surface area contributed by atoms with Crippen molar-refractivity contribution in [2.45, 2.75) is 6.10 Å². The first kappa shape index (κ1) is 9.73. The fourth-order valence-electron chi connectivity index (χ4n) is 2.16. The van der Waals surface area contributed by atoms with E-state index in [2.05, 4.69) is 6.07 Å². The van der Waals surface area contributed by atoms with Gasteiger partial charge in [-0.2, -0.15) is 5.26 Å². The second kappa shape index (κ2) is 3.53. The molecule has 1 N–H and O–H groups in total. The number of nitriles is 1. The quantitative estimate of drug-likeness (QED) is 0.710. The first-order chi connectivity index (χ1) is 8.31. The molecule has 0 aromatic heterocycles. The molecule has 0 bridgehead atoms. The molecule has 1 atom stereocenters. The molecule has 1 aliphatic heterocycles. The summed E-state index contributed by atoms with van der Waals surface area (Å²) < 4.78 is 5.57. The lowest BCUT2D eigenvalue weighted by Gasteiger charge is -2.24. The van der Waals surface area contributed by atoms with Gasteiger partial charge in [0.15, 0.2) is 0 Å². The highest BCUT2D eigenvalue weighted by molar-refractivity contribution is 5.73. The van der Waals surface area contributed by atoms with Crippen molar-refractivity contribution in [3.63, 3.8) is 0 Å². The van der Waals surface area contributed by atoms with Crippen molar-refractivity contribution in [2.75, 3.05) is 0 Å². The first-order valence-electron chi connectivity index (χ1n) is 5.29. The highest BCUT2D eigenvalue weighted by Gasteiger charge is 2.25. The lowest BCUT2D eigenvalue weighted by molar-refractivity contribution is 0.251. The third-order valence-corrected chi connectivity index (χ3v) is 2.91. The molecule has 1 unspecified atom stereocenters. The maximum atomic E-state index is 9.91. The zero-order valence-electron chi connectivity index (χ0n) is 8.92. The summed E-state index contributed by atoms with van der Waals surface area (Å²) in [5.41, 5.74) is 0.724. The lowest BCUT2D eigenvalue weighted by Crippen LogP contribution is -2.39. The summed E-state index contributed by atoms with van der Waals surface area (Å²) in [5.74, 6) is 0.496. The molecule has 0 amide bonds. The molecule has 0 saturated carbocycles. The molecule has 3 heteroatoms. The normalized spacial score (nSPS) is 20.9. The molecule has 17 heavy (non-hydrogen) atoms. The number of fused-ring (bicyclic) bond motifs is 2. The Morgan fingerprint density at radius 3 is 2.76 bits per heavy atom. The van der Waals surface area contributed by atoms with E-state index >= 15 is 0 Å². The summed E-state index contributed by atoms with van der Waals surface area (Å²) in [6.45, 7) is 0. The number of hydrogen-bond acceptors (Lipinski definition) is 3. The number of nitrogens with zero attached hydrogens (tertiary/aromatic N) is 1. The molecule has 0 saturated heterocycles. The Kier molecular flexibility index (Phi) is 2.02. The van der Waals surface area contributed by atoms with E-state index in [1.165, 1.54) is 0 Å². The monoisotopic (exact) mass is 223 g/mol. The Bertz CT molecular complexity index is 704. The van der Waals surface area contributed by atoms with Gasteiger partial charge in [0.05, 0.1) is 0 Å². The maximum Gasteiger partial charge on any atom is 0.205 e. The average molecular weight is 223 g/mol. The minimum absolute atomic E-state index is 0.196. The Labute approximate surface area is 97.9 Å². The summed E-state index contributed by atoms with van der Waals surface area (Å²) in [6.07, 6.45) is 4.81. The predicted molar refractivity (Wildman–Crippen MR) is 62.8 cm³/mol. The Morgan fingerprint density at radius 1 is 1.24 bits per heavy atom. The third kappa shape index (κ3) is 1.35. The zero-order chi connectivity index (χ0) is 11.8. The summed E-state index contributed by atoms with van der Waals surface area (Å²) in [4.78, 5) is 0. The van der Waals surface area contributed by atoms with Crippen molar-refractivity contribution >= 4 is 11.3 Å². The van der Waals surface area contributed by atoms with Crippen molar-refractivity contribution in [1.82, 2.24) is 0 Å². The molecule has 0 radical (unpaired) electrons. The maximum absolute atomic E-state index is 9.91. The highest BCUT2D eigenvalue weighted by Crippen LogP contribution is 2.24. The molecule has 0 fully saturated rings. The van der Waals surface area contributed by atoms with Gasteiger partial charge in [0.25, 0.3) is 0 Å². The number of rotatable bonds is 0. The zero-order valence-corrected chi connectivity index (χ0v) is 8.92. The topological polar surface area (TPSA) is 53.2 Å². The first-order valence-corrected chi connectivity index (χ1v) is 5.29. The largest absolute Gasteiger partial charge is 0.507 e. The van der Waals surface area contributed by atoms with Crippen LogP contribution in [0.2, 0.25) is 0 Å². The van der Waals surface area contributed by atoms with E-state index in [9.17, 15) is 5.11 Å². The number of aliphatic hydroxyl groups is 1. The van der Waals surface area contributed by atoms with Crippen LogP contribution in [0.1, 0.15) is 0 Å². The molecule has 82 valence electrons. The van der Waals surface area contributed by atoms with Crippen LogP contribution in [-0.2, 0) is 4.74 Å². The van der Waals surface area contributed by atoms with Gasteiger partial charge in [-0.25, -0.2) is 0 Å². The van der Waals surface area contributed by atoms with Crippen molar-refractivity contribution in [1.29, 1.82) is 5.26 Å². The highest BCUT2D eigenvalue weighted by atomic mass is 16.5. The van der Waals surface area contributed by atoms with Crippen molar-refractivity contribution < 1.29 is 9.84 Å². The Hall–Kier alpha value is -2.47. The van der Waals surface area contributed by atoms with Crippen LogP contribution in [-0.4, -0.2) is 11.2 Å². The fourth-order valence-corrected chi connectivity index (χ4v) is 2.16. The van der Waals surface area contributed by atoms with E-state index in [-0.39, 0.29) is 11.9 Å². The van der Waals surface area contributed by atoms with E-state index in [4.69, 9.17) is 10.00 Å². The van der Waals surface area contributed by atoms with Gasteiger partial charge in [0.2, 0.25) is 5.76 Å². The number of allylic oxidation sites excluding steroid dienone is 2. The predicted octanol–water partition coefficient (Wildman–Crippen LogP) is 0.880. The van der Waals surface area contributed by atoms with Gasteiger partial charge < -0.3 is 9.84 Å². The van der Waals surface area contributed by atoms with Crippen LogP contribution in [0.25, 0.3) is 11.3 Å². The molecule has 1 aliphatic carbocycles. The summed E-state index contributed by atoms with van der Waals surface area (Å²) in [7, 11) is 0. The van der Waals surface area contributed by atoms with Gasteiger partial charge in [0, 0.05) is 10.8 Å². The Morgan fingerprint density at radius 2 is 2.00 bits per heavy atom. The number of hydrogen-bond donors (Lipinski definition) is 1. The van der Waals surface area contributed by atoms with Crippen LogP contribution in [0.15, 0.2) is 48.3 Å². The van der Waals surface area contributed by atoms with E-state index in [0.717, 1.165) is 16.0 Å². The molecule has 2 aliphatic rings. The summed E-state index contributed by atoms with van der Waals surface area (Å²) >= 11 is 0. The van der Waals surface area contributed by atoms with Crippen molar-refractivity contribution in [3.8, 4) is 6.07 Å². The fraction of sp³-hybridized carbons (Fsp3) is 0.0714. The molecule has 3 rings (SSSR count).